The summed E-state index contributed by atoms with van der Waals surface area (Å²) in [7, 11) is 1.64. The van der Waals surface area contributed by atoms with Gasteiger partial charge in [0.05, 0.1) is 19.1 Å². The summed E-state index contributed by atoms with van der Waals surface area (Å²) in [6.45, 7) is 3.65. The Hall–Kier alpha value is -2.82. The molecular formula is C25H30N2O3. The molecule has 2 saturated heterocycles. The number of benzene rings is 2. The Morgan fingerprint density at radius 3 is 2.40 bits per heavy atom. The molecule has 5 heteroatoms. The maximum atomic E-state index is 13.6. The molecule has 0 radical (unpaired) electrons. The molecule has 2 aromatic rings. The zero-order valence-electron chi connectivity index (χ0n) is 17.8. The van der Waals surface area contributed by atoms with Crippen molar-refractivity contribution in [2.45, 2.75) is 45.1 Å². The lowest BCUT2D eigenvalue weighted by Gasteiger charge is -2.43. The summed E-state index contributed by atoms with van der Waals surface area (Å²) in [4.78, 5) is 30.6. The number of hydrogen-bond donors (Lipinski definition) is 0. The molecule has 4 rings (SSSR count). The number of carbonyl (C=O) groups is 2. The van der Waals surface area contributed by atoms with E-state index in [4.69, 9.17) is 4.74 Å². The molecule has 2 aromatic carbocycles. The number of aryl methyl sites for hydroxylation is 1. The van der Waals surface area contributed by atoms with Crippen molar-refractivity contribution >= 4 is 17.5 Å². The quantitative estimate of drug-likeness (QED) is 0.751. The molecule has 2 heterocycles. The minimum atomic E-state index is -0.375. The summed E-state index contributed by atoms with van der Waals surface area (Å²) < 4.78 is 5.65. The standard InChI is InChI=1S/C25H30N2O3/c1-18-10-12-19(13-11-18)27-23(28)15-14-21(25(29)26-16-6-3-7-17-26)24(27)20-8-4-5-9-22(20)30-2/h4-5,8-13,21,24H,3,6-7,14-17H2,1-2H3. The summed E-state index contributed by atoms with van der Waals surface area (Å²) in [6.07, 6.45) is 4.23. The lowest BCUT2D eigenvalue weighted by Crippen LogP contribution is -2.50. The average molecular weight is 407 g/mol. The Morgan fingerprint density at radius 2 is 1.70 bits per heavy atom. The van der Waals surface area contributed by atoms with Crippen molar-refractivity contribution in [3.63, 3.8) is 0 Å². The second-order valence-corrected chi connectivity index (χ2v) is 8.32. The number of methoxy groups -OCH3 is 1. The molecule has 0 N–H and O–H groups in total. The molecule has 0 bridgehead atoms. The number of para-hydroxylation sites is 1. The van der Waals surface area contributed by atoms with Gasteiger partial charge < -0.3 is 14.5 Å². The predicted molar refractivity (Wildman–Crippen MR) is 118 cm³/mol. The second-order valence-electron chi connectivity index (χ2n) is 8.32. The van der Waals surface area contributed by atoms with Crippen molar-refractivity contribution < 1.29 is 14.3 Å². The van der Waals surface area contributed by atoms with E-state index in [1.807, 2.05) is 65.3 Å². The summed E-state index contributed by atoms with van der Waals surface area (Å²) >= 11 is 0. The van der Waals surface area contributed by atoms with Gasteiger partial charge in [-0.25, -0.2) is 0 Å². The fourth-order valence-electron chi connectivity index (χ4n) is 4.78. The molecule has 2 aliphatic rings. The third kappa shape index (κ3) is 3.93. The highest BCUT2D eigenvalue weighted by atomic mass is 16.5. The lowest BCUT2D eigenvalue weighted by atomic mass is 9.82. The van der Waals surface area contributed by atoms with Crippen molar-refractivity contribution in [1.29, 1.82) is 0 Å². The fraction of sp³-hybridized carbons (Fsp3) is 0.440. The molecule has 0 aromatic heterocycles. The van der Waals surface area contributed by atoms with Crippen molar-refractivity contribution in [2.24, 2.45) is 5.92 Å². The van der Waals surface area contributed by atoms with E-state index >= 15 is 0 Å². The van der Waals surface area contributed by atoms with Crippen LogP contribution in [0.1, 0.15) is 49.3 Å². The van der Waals surface area contributed by atoms with Crippen LogP contribution in [0.4, 0.5) is 5.69 Å². The number of amides is 2. The van der Waals surface area contributed by atoms with Crippen molar-refractivity contribution in [2.75, 3.05) is 25.1 Å². The topological polar surface area (TPSA) is 49.9 Å². The first-order valence-corrected chi connectivity index (χ1v) is 10.9. The first-order chi connectivity index (χ1) is 14.6. The molecule has 2 atom stereocenters. The fourth-order valence-corrected chi connectivity index (χ4v) is 4.78. The first-order valence-electron chi connectivity index (χ1n) is 10.9. The second kappa shape index (κ2) is 8.90. The van der Waals surface area contributed by atoms with E-state index in [-0.39, 0.29) is 23.8 Å². The molecule has 2 fully saturated rings. The molecule has 158 valence electrons. The number of rotatable bonds is 4. The highest BCUT2D eigenvalue weighted by Gasteiger charge is 2.44. The van der Waals surface area contributed by atoms with E-state index in [2.05, 4.69) is 0 Å². The van der Waals surface area contributed by atoms with Gasteiger partial charge in [0.1, 0.15) is 5.75 Å². The zero-order valence-corrected chi connectivity index (χ0v) is 17.8. The van der Waals surface area contributed by atoms with Gasteiger partial charge in [0.2, 0.25) is 11.8 Å². The van der Waals surface area contributed by atoms with Gasteiger partial charge in [-0.2, -0.15) is 0 Å². The van der Waals surface area contributed by atoms with Crippen LogP contribution in [0.15, 0.2) is 48.5 Å². The maximum Gasteiger partial charge on any atom is 0.228 e. The van der Waals surface area contributed by atoms with Crippen LogP contribution in [0.5, 0.6) is 5.75 Å². The SMILES string of the molecule is COc1ccccc1C1C(C(=O)N2CCCCC2)CCC(=O)N1c1ccc(C)cc1. The van der Waals surface area contributed by atoms with E-state index < -0.39 is 0 Å². The van der Waals surface area contributed by atoms with Crippen LogP contribution in [-0.4, -0.2) is 36.9 Å². The molecule has 0 spiro atoms. The number of piperidine rings is 2. The van der Waals surface area contributed by atoms with E-state index in [9.17, 15) is 9.59 Å². The van der Waals surface area contributed by atoms with Crippen LogP contribution in [0.25, 0.3) is 0 Å². The minimum absolute atomic E-state index is 0.0532. The molecule has 2 amide bonds. The third-order valence-electron chi connectivity index (χ3n) is 6.35. The maximum absolute atomic E-state index is 13.6. The van der Waals surface area contributed by atoms with Gasteiger partial charge in [0, 0.05) is 30.8 Å². The monoisotopic (exact) mass is 406 g/mol. The van der Waals surface area contributed by atoms with Gasteiger partial charge in [-0.1, -0.05) is 35.9 Å². The molecule has 5 nitrogen and oxygen atoms in total. The van der Waals surface area contributed by atoms with Gasteiger partial charge in [0.15, 0.2) is 0 Å². The minimum Gasteiger partial charge on any atom is -0.496 e. The van der Waals surface area contributed by atoms with E-state index in [1.54, 1.807) is 7.11 Å². The Bertz CT molecular complexity index is 903. The van der Waals surface area contributed by atoms with E-state index in [1.165, 1.54) is 6.42 Å². The van der Waals surface area contributed by atoms with Crippen LogP contribution in [0.3, 0.4) is 0 Å². The molecule has 0 saturated carbocycles. The van der Waals surface area contributed by atoms with Crippen molar-refractivity contribution in [3.05, 3.63) is 59.7 Å². The van der Waals surface area contributed by atoms with Gasteiger partial charge in [0.25, 0.3) is 0 Å². The normalized spacial score (nSPS) is 22.1. The molecule has 30 heavy (non-hydrogen) atoms. The number of carbonyl (C=O) groups excluding carboxylic acids is 2. The van der Waals surface area contributed by atoms with Crippen LogP contribution < -0.4 is 9.64 Å². The first kappa shape index (κ1) is 20.5. The van der Waals surface area contributed by atoms with E-state index in [0.717, 1.165) is 42.7 Å². The highest BCUT2D eigenvalue weighted by molar-refractivity contribution is 5.97. The Labute approximate surface area is 178 Å². The smallest absolute Gasteiger partial charge is 0.228 e. The number of anilines is 1. The molecule has 0 aliphatic carbocycles. The van der Waals surface area contributed by atoms with Crippen LogP contribution in [-0.2, 0) is 9.59 Å². The summed E-state index contributed by atoms with van der Waals surface area (Å²) in [6, 6.07) is 15.4. The van der Waals surface area contributed by atoms with Crippen molar-refractivity contribution in [3.8, 4) is 5.75 Å². The molecular weight excluding hydrogens is 376 g/mol. The number of ether oxygens (including phenoxy) is 1. The number of hydrogen-bond acceptors (Lipinski definition) is 3. The van der Waals surface area contributed by atoms with Gasteiger partial charge in [-0.05, 0) is 50.8 Å². The third-order valence-corrected chi connectivity index (χ3v) is 6.35. The largest absolute Gasteiger partial charge is 0.496 e. The number of likely N-dealkylation sites (tertiary alicyclic amines) is 1. The van der Waals surface area contributed by atoms with Gasteiger partial charge in [-0.15, -0.1) is 0 Å². The Morgan fingerprint density at radius 1 is 1.00 bits per heavy atom. The van der Waals surface area contributed by atoms with E-state index in [0.29, 0.717) is 18.6 Å². The number of nitrogens with zero attached hydrogens (tertiary/aromatic N) is 2. The van der Waals surface area contributed by atoms with Crippen LogP contribution in [0.2, 0.25) is 0 Å². The van der Waals surface area contributed by atoms with Gasteiger partial charge in [-0.3, -0.25) is 9.59 Å². The van der Waals surface area contributed by atoms with Gasteiger partial charge >= 0.3 is 0 Å². The predicted octanol–water partition coefficient (Wildman–Crippen LogP) is 4.50. The Balaban J connectivity index is 1.79. The lowest BCUT2D eigenvalue weighted by molar-refractivity contribution is -0.139. The zero-order chi connectivity index (χ0) is 21.1. The summed E-state index contributed by atoms with van der Waals surface area (Å²) in [5, 5.41) is 0. The summed E-state index contributed by atoms with van der Waals surface area (Å²) in [5.41, 5.74) is 2.86. The summed E-state index contributed by atoms with van der Waals surface area (Å²) in [5.74, 6) is 0.650. The highest BCUT2D eigenvalue weighted by Crippen LogP contribution is 2.44. The average Bonchev–Trinajstić information content (AvgIpc) is 2.79. The van der Waals surface area contributed by atoms with Crippen LogP contribution >= 0.6 is 0 Å². The molecule has 2 aliphatic heterocycles. The van der Waals surface area contributed by atoms with Crippen LogP contribution in [0, 0.1) is 12.8 Å². The molecule has 2 unspecified atom stereocenters. The Kier molecular flexibility index (Phi) is 6.07. The van der Waals surface area contributed by atoms with Crippen molar-refractivity contribution in [1.82, 2.24) is 4.90 Å².